The third-order valence-corrected chi connectivity index (χ3v) is 2.63. The Bertz CT molecular complexity index is 444. The van der Waals surface area contributed by atoms with Gasteiger partial charge in [-0.2, -0.15) is 5.26 Å². The quantitative estimate of drug-likeness (QED) is 0.807. The molecule has 0 fully saturated rings. The number of halogens is 1. The minimum absolute atomic E-state index is 0.271. The molecule has 0 saturated carbocycles. The number of benzene rings is 1. The fourth-order valence-corrected chi connectivity index (χ4v) is 1.66. The molecule has 0 bridgehead atoms. The molecule has 0 aliphatic carbocycles. The van der Waals surface area contributed by atoms with Crippen LogP contribution < -0.4 is 5.32 Å². The summed E-state index contributed by atoms with van der Waals surface area (Å²) in [5, 5.41) is 22.3. The summed E-state index contributed by atoms with van der Waals surface area (Å²) in [6, 6.07) is 7.04. The molecule has 0 aromatic heterocycles. The van der Waals surface area contributed by atoms with Gasteiger partial charge in [-0.05, 0) is 24.1 Å². The van der Waals surface area contributed by atoms with Crippen molar-refractivity contribution in [2.75, 3.05) is 25.1 Å². The lowest BCUT2D eigenvalue weighted by molar-refractivity contribution is 0.0318. The van der Waals surface area contributed by atoms with Crippen molar-refractivity contribution < 1.29 is 9.84 Å². The molecule has 4 nitrogen and oxygen atoms in total. The van der Waals surface area contributed by atoms with E-state index in [4.69, 9.17) is 21.6 Å². The van der Waals surface area contributed by atoms with Crippen molar-refractivity contribution in [1.29, 1.82) is 5.26 Å². The Labute approximate surface area is 119 Å². The lowest BCUT2D eigenvalue weighted by atomic mass is 10.2. The molecule has 0 spiro atoms. The number of nitriles is 1. The Morgan fingerprint density at radius 3 is 2.79 bits per heavy atom. The van der Waals surface area contributed by atoms with E-state index in [-0.39, 0.29) is 6.61 Å². The molecule has 1 atom stereocenters. The van der Waals surface area contributed by atoms with Crippen LogP contribution in [0, 0.1) is 17.2 Å². The first-order valence-corrected chi connectivity index (χ1v) is 6.60. The molecule has 1 aromatic rings. The average molecular weight is 283 g/mol. The van der Waals surface area contributed by atoms with Crippen molar-refractivity contribution in [1.82, 2.24) is 0 Å². The van der Waals surface area contributed by atoms with Crippen LogP contribution in [0.3, 0.4) is 0 Å². The number of anilines is 1. The maximum Gasteiger partial charge on any atom is 0.101 e. The number of nitrogens with zero attached hydrogens (tertiary/aromatic N) is 1. The second kappa shape index (κ2) is 8.00. The number of aliphatic hydroxyl groups excluding tert-OH is 1. The molecule has 19 heavy (non-hydrogen) atoms. The molecule has 0 amide bonds. The molecule has 1 unspecified atom stereocenters. The topological polar surface area (TPSA) is 65.3 Å². The number of nitrogens with one attached hydrogen (secondary N) is 1. The molecule has 1 rings (SSSR count). The summed E-state index contributed by atoms with van der Waals surface area (Å²) in [6.45, 7) is 5.31. The van der Waals surface area contributed by atoms with Crippen LogP contribution in [0.15, 0.2) is 18.2 Å². The summed E-state index contributed by atoms with van der Waals surface area (Å²) in [4.78, 5) is 0. The maximum absolute atomic E-state index is 9.75. The van der Waals surface area contributed by atoms with Gasteiger partial charge < -0.3 is 15.2 Å². The van der Waals surface area contributed by atoms with Gasteiger partial charge in [0.25, 0.3) is 0 Å². The summed E-state index contributed by atoms with van der Waals surface area (Å²) in [6.07, 6.45) is -0.621. The number of ether oxygens (including phenoxy) is 1. The van der Waals surface area contributed by atoms with Crippen LogP contribution in [0.4, 0.5) is 5.69 Å². The normalized spacial score (nSPS) is 12.2. The van der Waals surface area contributed by atoms with Crippen LogP contribution in [0.25, 0.3) is 0 Å². The highest BCUT2D eigenvalue weighted by molar-refractivity contribution is 6.30. The van der Waals surface area contributed by atoms with Crippen LogP contribution in [0.1, 0.15) is 19.4 Å². The van der Waals surface area contributed by atoms with Crippen molar-refractivity contribution in [3.63, 3.8) is 0 Å². The van der Waals surface area contributed by atoms with Crippen LogP contribution in [0.5, 0.6) is 0 Å². The van der Waals surface area contributed by atoms with Gasteiger partial charge in [-0.25, -0.2) is 0 Å². The van der Waals surface area contributed by atoms with Gasteiger partial charge in [0.15, 0.2) is 0 Å². The lowest BCUT2D eigenvalue weighted by Gasteiger charge is -2.15. The molecule has 0 heterocycles. The highest BCUT2D eigenvalue weighted by atomic mass is 35.5. The van der Waals surface area contributed by atoms with Crippen molar-refractivity contribution in [3.8, 4) is 6.07 Å². The summed E-state index contributed by atoms with van der Waals surface area (Å²) in [7, 11) is 0. The number of hydrogen-bond donors (Lipinski definition) is 2. The molecule has 0 aliphatic rings. The number of aliphatic hydroxyl groups is 1. The molecule has 5 heteroatoms. The minimum Gasteiger partial charge on any atom is -0.389 e. The van der Waals surface area contributed by atoms with Crippen LogP contribution in [0.2, 0.25) is 5.02 Å². The van der Waals surface area contributed by atoms with Crippen LogP contribution in [-0.4, -0.2) is 31.0 Å². The zero-order valence-electron chi connectivity index (χ0n) is 11.2. The standard InChI is InChI=1S/C14H19ClN2O2/c1-10(2)8-19-9-13(18)7-17-14-5-12(15)4-3-11(14)6-16/h3-5,10,13,17-18H,7-9H2,1-2H3. The summed E-state index contributed by atoms with van der Waals surface area (Å²) >= 11 is 5.87. The second-order valence-corrected chi connectivity index (χ2v) is 5.20. The van der Waals surface area contributed by atoms with Gasteiger partial charge in [-0.1, -0.05) is 25.4 Å². The first-order chi connectivity index (χ1) is 9.02. The molecule has 0 aliphatic heterocycles. The Morgan fingerprint density at radius 1 is 1.42 bits per heavy atom. The summed E-state index contributed by atoms with van der Waals surface area (Å²) < 4.78 is 5.34. The van der Waals surface area contributed by atoms with Crippen molar-refractivity contribution in [2.45, 2.75) is 20.0 Å². The Morgan fingerprint density at radius 2 is 2.16 bits per heavy atom. The van der Waals surface area contributed by atoms with Gasteiger partial charge in [-0.15, -0.1) is 0 Å². The largest absolute Gasteiger partial charge is 0.389 e. The van der Waals surface area contributed by atoms with Gasteiger partial charge >= 0.3 is 0 Å². The molecule has 0 saturated heterocycles. The fourth-order valence-electron chi connectivity index (χ4n) is 1.49. The zero-order chi connectivity index (χ0) is 14.3. The average Bonchev–Trinajstić information content (AvgIpc) is 2.36. The monoisotopic (exact) mass is 282 g/mol. The first-order valence-electron chi connectivity index (χ1n) is 6.22. The van der Waals surface area contributed by atoms with E-state index in [1.54, 1.807) is 18.2 Å². The van der Waals surface area contributed by atoms with E-state index in [2.05, 4.69) is 25.2 Å². The van der Waals surface area contributed by atoms with Crippen molar-refractivity contribution in [3.05, 3.63) is 28.8 Å². The van der Waals surface area contributed by atoms with E-state index in [9.17, 15) is 5.11 Å². The van der Waals surface area contributed by atoms with E-state index in [0.717, 1.165) is 0 Å². The van der Waals surface area contributed by atoms with Gasteiger partial charge in [0.05, 0.1) is 24.0 Å². The molecular weight excluding hydrogens is 264 g/mol. The molecule has 104 valence electrons. The Balaban J connectivity index is 2.44. The van der Waals surface area contributed by atoms with Crippen LogP contribution >= 0.6 is 11.6 Å². The fraction of sp³-hybridized carbons (Fsp3) is 0.500. The number of rotatable bonds is 7. The zero-order valence-corrected chi connectivity index (χ0v) is 11.9. The SMILES string of the molecule is CC(C)COCC(O)CNc1cc(Cl)ccc1C#N. The summed E-state index contributed by atoms with van der Waals surface area (Å²) in [5.74, 6) is 0.443. The van der Waals surface area contributed by atoms with Crippen molar-refractivity contribution in [2.24, 2.45) is 5.92 Å². The third kappa shape index (κ3) is 5.93. The molecule has 2 N–H and O–H groups in total. The number of hydrogen-bond acceptors (Lipinski definition) is 4. The molecule has 1 aromatic carbocycles. The first kappa shape index (κ1) is 15.8. The van der Waals surface area contributed by atoms with Crippen LogP contribution in [-0.2, 0) is 4.74 Å². The molecule has 0 radical (unpaired) electrons. The third-order valence-electron chi connectivity index (χ3n) is 2.39. The van der Waals surface area contributed by atoms with E-state index in [1.807, 2.05) is 0 Å². The van der Waals surface area contributed by atoms with Crippen molar-refractivity contribution >= 4 is 17.3 Å². The smallest absolute Gasteiger partial charge is 0.101 e. The second-order valence-electron chi connectivity index (χ2n) is 4.77. The Kier molecular flexibility index (Phi) is 6.65. The van der Waals surface area contributed by atoms with E-state index in [0.29, 0.717) is 35.3 Å². The van der Waals surface area contributed by atoms with E-state index < -0.39 is 6.10 Å². The van der Waals surface area contributed by atoms with Gasteiger partial charge in [-0.3, -0.25) is 0 Å². The van der Waals surface area contributed by atoms with E-state index >= 15 is 0 Å². The Hall–Kier alpha value is -1.28. The van der Waals surface area contributed by atoms with Gasteiger partial charge in [0.1, 0.15) is 6.07 Å². The van der Waals surface area contributed by atoms with E-state index in [1.165, 1.54) is 0 Å². The lowest BCUT2D eigenvalue weighted by Crippen LogP contribution is -2.26. The maximum atomic E-state index is 9.75. The minimum atomic E-state index is -0.621. The van der Waals surface area contributed by atoms with Gasteiger partial charge in [0, 0.05) is 18.2 Å². The molecular formula is C14H19ClN2O2. The predicted octanol–water partition coefficient (Wildman–Crippen LogP) is 2.66. The highest BCUT2D eigenvalue weighted by Crippen LogP contribution is 2.20. The highest BCUT2D eigenvalue weighted by Gasteiger charge is 2.07. The summed E-state index contributed by atoms with van der Waals surface area (Å²) in [5.41, 5.74) is 1.12. The van der Waals surface area contributed by atoms with Gasteiger partial charge in [0.2, 0.25) is 0 Å². The predicted molar refractivity (Wildman–Crippen MR) is 76.3 cm³/mol.